The summed E-state index contributed by atoms with van der Waals surface area (Å²) in [5.74, 6) is 0.939. The van der Waals surface area contributed by atoms with E-state index in [2.05, 4.69) is 22.9 Å². The molecular weight excluding hydrogens is 214 g/mol. The van der Waals surface area contributed by atoms with Gasteiger partial charge >= 0.3 is 0 Å². The lowest BCUT2D eigenvalue weighted by molar-refractivity contribution is 0.0980. The van der Waals surface area contributed by atoms with Crippen LogP contribution in [0.5, 0.6) is 5.75 Å². The highest BCUT2D eigenvalue weighted by molar-refractivity contribution is 5.86. The number of ether oxygens (including phenoxy) is 2. The largest absolute Gasteiger partial charge is 0.496 e. The van der Waals surface area contributed by atoms with Gasteiger partial charge in [0.15, 0.2) is 0 Å². The summed E-state index contributed by atoms with van der Waals surface area (Å²) in [6.45, 7) is 1.85. The van der Waals surface area contributed by atoms with Crippen LogP contribution in [0, 0.1) is 0 Å². The second kappa shape index (κ2) is 4.41. The molecule has 1 saturated heterocycles. The molecule has 0 saturated carbocycles. The van der Waals surface area contributed by atoms with Gasteiger partial charge in [-0.1, -0.05) is 6.07 Å². The number of benzene rings is 1. The lowest BCUT2D eigenvalue weighted by Gasteiger charge is -2.12. The Hall–Kier alpha value is -1.48. The summed E-state index contributed by atoms with van der Waals surface area (Å²) < 4.78 is 13.3. The monoisotopic (exact) mass is 231 g/mol. The topological polar surface area (TPSA) is 23.4 Å². The van der Waals surface area contributed by atoms with E-state index in [4.69, 9.17) is 9.47 Å². The van der Waals surface area contributed by atoms with E-state index in [9.17, 15) is 0 Å². The fraction of sp³-hybridized carbons (Fsp3) is 0.429. The summed E-state index contributed by atoms with van der Waals surface area (Å²) in [5.41, 5.74) is 1.22. The minimum absolute atomic E-state index is 0.372. The lowest BCUT2D eigenvalue weighted by Crippen LogP contribution is -2.13. The van der Waals surface area contributed by atoms with Gasteiger partial charge in [0, 0.05) is 24.7 Å². The van der Waals surface area contributed by atoms with E-state index in [0.29, 0.717) is 6.10 Å². The third-order valence-corrected chi connectivity index (χ3v) is 3.42. The van der Waals surface area contributed by atoms with E-state index >= 15 is 0 Å². The number of fused-ring (bicyclic) bond motifs is 1. The van der Waals surface area contributed by atoms with Crippen molar-refractivity contribution in [3.63, 3.8) is 0 Å². The molecule has 0 bridgehead atoms. The van der Waals surface area contributed by atoms with Gasteiger partial charge in [-0.15, -0.1) is 0 Å². The molecular formula is C14H17NO2. The fourth-order valence-electron chi connectivity index (χ4n) is 2.54. The molecule has 1 atom stereocenters. The first kappa shape index (κ1) is 10.7. The van der Waals surface area contributed by atoms with Crippen LogP contribution in [0.4, 0.5) is 0 Å². The summed E-state index contributed by atoms with van der Waals surface area (Å²) in [5, 5.41) is 1.17. The van der Waals surface area contributed by atoms with Gasteiger partial charge in [0.2, 0.25) is 0 Å². The van der Waals surface area contributed by atoms with Crippen LogP contribution in [-0.2, 0) is 11.3 Å². The van der Waals surface area contributed by atoms with Gasteiger partial charge in [0.1, 0.15) is 5.75 Å². The SMILES string of the molecule is COc1cccc2c1ccn2CC1CCCO1. The first-order valence-corrected chi connectivity index (χ1v) is 6.12. The van der Waals surface area contributed by atoms with Crippen LogP contribution in [0.25, 0.3) is 10.9 Å². The molecule has 0 N–H and O–H groups in total. The molecule has 0 radical (unpaired) electrons. The summed E-state index contributed by atoms with van der Waals surface area (Å²) in [4.78, 5) is 0. The van der Waals surface area contributed by atoms with Crippen molar-refractivity contribution in [2.45, 2.75) is 25.5 Å². The molecule has 0 aliphatic carbocycles. The van der Waals surface area contributed by atoms with Crippen LogP contribution in [0.3, 0.4) is 0 Å². The number of methoxy groups -OCH3 is 1. The van der Waals surface area contributed by atoms with Gasteiger partial charge in [0.05, 0.1) is 18.7 Å². The standard InChI is InChI=1S/C14H17NO2/c1-16-14-6-2-5-13-12(14)7-8-15(13)10-11-4-3-9-17-11/h2,5-8,11H,3-4,9-10H2,1H3. The second-order valence-corrected chi connectivity index (χ2v) is 4.50. The van der Waals surface area contributed by atoms with Gasteiger partial charge in [-0.3, -0.25) is 0 Å². The fourth-order valence-corrected chi connectivity index (χ4v) is 2.54. The van der Waals surface area contributed by atoms with Crippen LogP contribution < -0.4 is 4.74 Å². The molecule has 3 nitrogen and oxygen atoms in total. The molecule has 17 heavy (non-hydrogen) atoms. The molecule has 1 aliphatic heterocycles. The van der Waals surface area contributed by atoms with Crippen molar-refractivity contribution >= 4 is 10.9 Å². The molecule has 1 fully saturated rings. The van der Waals surface area contributed by atoms with Gasteiger partial charge < -0.3 is 14.0 Å². The van der Waals surface area contributed by atoms with E-state index in [1.807, 2.05) is 12.1 Å². The first-order valence-electron chi connectivity index (χ1n) is 6.12. The van der Waals surface area contributed by atoms with Crippen LogP contribution in [-0.4, -0.2) is 24.4 Å². The predicted molar refractivity (Wildman–Crippen MR) is 67.5 cm³/mol. The van der Waals surface area contributed by atoms with Crippen molar-refractivity contribution in [1.29, 1.82) is 0 Å². The molecule has 1 aromatic carbocycles. The van der Waals surface area contributed by atoms with Crippen LogP contribution in [0.15, 0.2) is 30.5 Å². The van der Waals surface area contributed by atoms with Crippen LogP contribution in [0.2, 0.25) is 0 Å². The van der Waals surface area contributed by atoms with Crippen molar-refractivity contribution in [3.05, 3.63) is 30.5 Å². The van der Waals surface area contributed by atoms with E-state index in [-0.39, 0.29) is 0 Å². The van der Waals surface area contributed by atoms with Crippen molar-refractivity contribution in [3.8, 4) is 5.75 Å². The second-order valence-electron chi connectivity index (χ2n) is 4.50. The Morgan fingerprint density at radius 2 is 2.35 bits per heavy atom. The predicted octanol–water partition coefficient (Wildman–Crippen LogP) is 2.83. The highest BCUT2D eigenvalue weighted by Gasteiger charge is 2.17. The Bertz CT molecular complexity index is 512. The smallest absolute Gasteiger partial charge is 0.128 e. The minimum Gasteiger partial charge on any atom is -0.496 e. The minimum atomic E-state index is 0.372. The zero-order chi connectivity index (χ0) is 11.7. The summed E-state index contributed by atoms with van der Waals surface area (Å²) in [6, 6.07) is 8.28. The Labute approximate surface area is 101 Å². The number of rotatable bonds is 3. The van der Waals surface area contributed by atoms with Crippen LogP contribution >= 0.6 is 0 Å². The molecule has 2 heterocycles. The Kier molecular flexibility index (Phi) is 2.77. The molecule has 90 valence electrons. The molecule has 1 unspecified atom stereocenters. The average Bonchev–Trinajstić information content (AvgIpc) is 2.99. The molecule has 2 aromatic rings. The van der Waals surface area contributed by atoms with Gasteiger partial charge in [0.25, 0.3) is 0 Å². The van der Waals surface area contributed by atoms with Gasteiger partial charge in [-0.05, 0) is 31.0 Å². The molecule has 3 heteroatoms. The van der Waals surface area contributed by atoms with Crippen molar-refractivity contribution in [2.24, 2.45) is 0 Å². The highest BCUT2D eigenvalue weighted by Crippen LogP contribution is 2.27. The zero-order valence-electron chi connectivity index (χ0n) is 10.1. The molecule has 0 amide bonds. The van der Waals surface area contributed by atoms with Crippen molar-refractivity contribution in [1.82, 2.24) is 4.57 Å². The van der Waals surface area contributed by atoms with E-state index in [1.54, 1.807) is 7.11 Å². The normalized spacial score (nSPS) is 19.9. The number of aromatic nitrogens is 1. The van der Waals surface area contributed by atoms with E-state index in [0.717, 1.165) is 18.9 Å². The summed E-state index contributed by atoms with van der Waals surface area (Å²) in [7, 11) is 1.71. The van der Waals surface area contributed by atoms with Crippen LogP contribution in [0.1, 0.15) is 12.8 Å². The number of hydrogen-bond donors (Lipinski definition) is 0. The maximum Gasteiger partial charge on any atom is 0.128 e. The summed E-state index contributed by atoms with van der Waals surface area (Å²) in [6.07, 6.45) is 4.85. The molecule has 3 rings (SSSR count). The first-order chi connectivity index (χ1) is 8.38. The van der Waals surface area contributed by atoms with Gasteiger partial charge in [-0.25, -0.2) is 0 Å². The zero-order valence-corrected chi connectivity index (χ0v) is 10.1. The molecule has 0 spiro atoms. The van der Waals surface area contributed by atoms with E-state index < -0.39 is 0 Å². The third-order valence-electron chi connectivity index (χ3n) is 3.42. The van der Waals surface area contributed by atoms with Crippen molar-refractivity contribution < 1.29 is 9.47 Å². The average molecular weight is 231 g/mol. The van der Waals surface area contributed by atoms with Crippen molar-refractivity contribution in [2.75, 3.05) is 13.7 Å². The molecule has 1 aliphatic rings. The Morgan fingerprint density at radius 3 is 3.12 bits per heavy atom. The van der Waals surface area contributed by atoms with E-state index in [1.165, 1.54) is 23.7 Å². The summed E-state index contributed by atoms with van der Waals surface area (Å²) >= 11 is 0. The number of nitrogens with zero attached hydrogens (tertiary/aromatic N) is 1. The number of hydrogen-bond acceptors (Lipinski definition) is 2. The Balaban J connectivity index is 1.94. The quantitative estimate of drug-likeness (QED) is 0.811. The molecule has 1 aromatic heterocycles. The third kappa shape index (κ3) is 1.91. The maximum atomic E-state index is 5.68. The lowest BCUT2D eigenvalue weighted by atomic mass is 10.2. The maximum absolute atomic E-state index is 5.68. The van der Waals surface area contributed by atoms with Gasteiger partial charge in [-0.2, -0.15) is 0 Å². The highest BCUT2D eigenvalue weighted by atomic mass is 16.5. The Morgan fingerprint density at radius 1 is 1.41 bits per heavy atom.